The Morgan fingerprint density at radius 3 is 2.76 bits per heavy atom. The molecule has 3 nitrogen and oxygen atoms in total. The average molecular weight is 307 g/mol. The van der Waals surface area contributed by atoms with Crippen LogP contribution in [0.25, 0.3) is 0 Å². The van der Waals surface area contributed by atoms with E-state index < -0.39 is 0 Å². The van der Waals surface area contributed by atoms with Gasteiger partial charge >= 0.3 is 0 Å². The van der Waals surface area contributed by atoms with Crippen molar-refractivity contribution >= 4 is 17.5 Å². The van der Waals surface area contributed by atoms with Crippen molar-refractivity contribution in [2.24, 2.45) is 5.92 Å². The number of hydrogen-bond acceptors (Lipinski definition) is 2. The molecule has 2 aliphatic rings. The van der Waals surface area contributed by atoms with E-state index in [9.17, 15) is 4.79 Å². The molecule has 2 aliphatic heterocycles. The van der Waals surface area contributed by atoms with Crippen LogP contribution in [0.4, 0.5) is 0 Å². The molecule has 1 aromatic rings. The van der Waals surface area contributed by atoms with Crippen LogP contribution in [0.5, 0.6) is 0 Å². The van der Waals surface area contributed by atoms with Gasteiger partial charge in [0.1, 0.15) is 0 Å². The first kappa shape index (κ1) is 14.9. The van der Waals surface area contributed by atoms with Crippen LogP contribution in [0.1, 0.15) is 31.2 Å². The van der Waals surface area contributed by atoms with E-state index in [4.69, 9.17) is 11.6 Å². The minimum Gasteiger partial charge on any atom is -0.342 e. The molecule has 2 fully saturated rings. The highest BCUT2D eigenvalue weighted by atomic mass is 35.5. The molecule has 1 atom stereocenters. The summed E-state index contributed by atoms with van der Waals surface area (Å²) < 4.78 is 0. The van der Waals surface area contributed by atoms with Crippen molar-refractivity contribution < 1.29 is 4.79 Å². The predicted molar refractivity (Wildman–Crippen MR) is 85.3 cm³/mol. The van der Waals surface area contributed by atoms with E-state index in [0.29, 0.717) is 5.91 Å². The van der Waals surface area contributed by atoms with Gasteiger partial charge in [-0.25, -0.2) is 0 Å². The number of amides is 1. The Bertz CT molecular complexity index is 499. The van der Waals surface area contributed by atoms with Gasteiger partial charge in [-0.15, -0.1) is 0 Å². The Morgan fingerprint density at radius 1 is 1.19 bits per heavy atom. The quantitative estimate of drug-likeness (QED) is 0.856. The first-order valence-corrected chi connectivity index (χ1v) is 8.36. The van der Waals surface area contributed by atoms with Crippen LogP contribution in [0.15, 0.2) is 24.3 Å². The second kappa shape index (κ2) is 6.80. The topological polar surface area (TPSA) is 23.6 Å². The van der Waals surface area contributed by atoms with Crippen molar-refractivity contribution in [1.82, 2.24) is 9.80 Å². The maximum Gasteiger partial charge on any atom is 0.226 e. The van der Waals surface area contributed by atoms with Gasteiger partial charge in [-0.2, -0.15) is 0 Å². The fourth-order valence-electron chi connectivity index (χ4n) is 3.49. The van der Waals surface area contributed by atoms with Crippen LogP contribution >= 0.6 is 11.6 Å². The van der Waals surface area contributed by atoms with E-state index >= 15 is 0 Å². The number of hydrogen-bond donors (Lipinski definition) is 0. The molecule has 2 saturated heterocycles. The molecular weight excluding hydrogens is 284 g/mol. The van der Waals surface area contributed by atoms with E-state index in [-0.39, 0.29) is 5.92 Å². The lowest BCUT2D eigenvalue weighted by Crippen LogP contribution is -2.43. The molecule has 0 N–H and O–H groups in total. The first-order valence-electron chi connectivity index (χ1n) is 7.98. The molecular formula is C17H23ClN2O. The summed E-state index contributed by atoms with van der Waals surface area (Å²) in [6.07, 6.45) is 4.50. The number of carbonyl (C=O) groups excluding carboxylic acids is 1. The summed E-state index contributed by atoms with van der Waals surface area (Å²) in [6.45, 7) is 4.79. The van der Waals surface area contributed by atoms with Crippen LogP contribution < -0.4 is 0 Å². The molecule has 21 heavy (non-hydrogen) atoms. The Kier molecular flexibility index (Phi) is 4.81. The number of piperidine rings is 1. The lowest BCUT2D eigenvalue weighted by molar-refractivity contribution is -0.136. The number of rotatable bonds is 3. The van der Waals surface area contributed by atoms with Gasteiger partial charge in [-0.3, -0.25) is 9.69 Å². The van der Waals surface area contributed by atoms with Gasteiger partial charge in [0, 0.05) is 31.2 Å². The van der Waals surface area contributed by atoms with Crippen molar-refractivity contribution in [3.05, 3.63) is 34.9 Å². The SMILES string of the molecule is O=C([C@H]1CCCN(Cc2cccc(Cl)c2)C1)N1CCCC1. The van der Waals surface area contributed by atoms with Gasteiger partial charge in [0.2, 0.25) is 5.91 Å². The maximum absolute atomic E-state index is 12.5. The molecule has 0 unspecified atom stereocenters. The standard InChI is InChI=1S/C17H23ClN2O/c18-16-7-3-5-14(11-16)12-19-8-4-6-15(13-19)17(21)20-9-1-2-10-20/h3,5,7,11,15H,1-2,4,6,8-10,12-13H2/t15-/m0/s1. The van der Waals surface area contributed by atoms with Crippen molar-refractivity contribution in [3.8, 4) is 0 Å². The van der Waals surface area contributed by atoms with E-state index in [0.717, 1.165) is 50.6 Å². The number of halogens is 1. The Labute approximate surface area is 131 Å². The number of nitrogens with zero attached hydrogens (tertiary/aromatic N) is 2. The summed E-state index contributed by atoms with van der Waals surface area (Å²) in [5.41, 5.74) is 1.23. The third kappa shape index (κ3) is 3.78. The molecule has 114 valence electrons. The molecule has 4 heteroatoms. The molecule has 0 saturated carbocycles. The summed E-state index contributed by atoms with van der Waals surface area (Å²) in [5.74, 6) is 0.569. The van der Waals surface area contributed by atoms with E-state index in [2.05, 4.69) is 15.9 Å². The Hall–Kier alpha value is -1.06. The first-order chi connectivity index (χ1) is 10.2. The van der Waals surface area contributed by atoms with Crippen LogP contribution in [0, 0.1) is 5.92 Å². The highest BCUT2D eigenvalue weighted by molar-refractivity contribution is 6.30. The van der Waals surface area contributed by atoms with E-state index in [1.807, 2.05) is 18.2 Å². The van der Waals surface area contributed by atoms with E-state index in [1.165, 1.54) is 18.4 Å². The van der Waals surface area contributed by atoms with Gasteiger partial charge in [-0.1, -0.05) is 23.7 Å². The minimum absolute atomic E-state index is 0.191. The predicted octanol–water partition coefficient (Wildman–Crippen LogP) is 3.17. The summed E-state index contributed by atoms with van der Waals surface area (Å²) in [6, 6.07) is 8.03. The van der Waals surface area contributed by atoms with E-state index in [1.54, 1.807) is 0 Å². The fourth-order valence-corrected chi connectivity index (χ4v) is 3.70. The molecule has 2 heterocycles. The highest BCUT2D eigenvalue weighted by Crippen LogP contribution is 2.23. The zero-order chi connectivity index (χ0) is 14.7. The fraction of sp³-hybridized carbons (Fsp3) is 0.588. The molecule has 0 aromatic heterocycles. The zero-order valence-electron chi connectivity index (χ0n) is 12.4. The normalized spacial score (nSPS) is 23.5. The van der Waals surface area contributed by atoms with Gasteiger partial charge in [0.25, 0.3) is 0 Å². The molecule has 1 amide bonds. The highest BCUT2D eigenvalue weighted by Gasteiger charge is 2.30. The summed E-state index contributed by atoms with van der Waals surface area (Å²) in [7, 11) is 0. The molecule has 3 rings (SSSR count). The zero-order valence-corrected chi connectivity index (χ0v) is 13.2. The minimum atomic E-state index is 0.191. The van der Waals surface area contributed by atoms with Gasteiger partial charge in [0.15, 0.2) is 0 Å². The van der Waals surface area contributed by atoms with Gasteiger partial charge in [0.05, 0.1) is 5.92 Å². The third-order valence-corrected chi connectivity index (χ3v) is 4.80. The van der Waals surface area contributed by atoms with Gasteiger partial charge < -0.3 is 4.90 Å². The van der Waals surface area contributed by atoms with Crippen molar-refractivity contribution in [3.63, 3.8) is 0 Å². The summed E-state index contributed by atoms with van der Waals surface area (Å²) in [4.78, 5) is 17.0. The lowest BCUT2D eigenvalue weighted by Gasteiger charge is -2.34. The average Bonchev–Trinajstić information content (AvgIpc) is 3.01. The van der Waals surface area contributed by atoms with Crippen molar-refractivity contribution in [1.29, 1.82) is 0 Å². The molecule has 0 radical (unpaired) electrons. The Balaban J connectivity index is 1.59. The third-order valence-electron chi connectivity index (χ3n) is 4.57. The molecule has 0 spiro atoms. The maximum atomic E-state index is 12.5. The van der Waals surface area contributed by atoms with Crippen molar-refractivity contribution in [2.45, 2.75) is 32.2 Å². The smallest absolute Gasteiger partial charge is 0.226 e. The number of likely N-dealkylation sites (tertiary alicyclic amines) is 2. The second-order valence-corrected chi connectivity index (χ2v) is 6.67. The summed E-state index contributed by atoms with van der Waals surface area (Å²) in [5, 5.41) is 0.786. The molecule has 1 aromatic carbocycles. The van der Waals surface area contributed by atoms with Crippen LogP contribution in [0.3, 0.4) is 0 Å². The number of benzene rings is 1. The number of carbonyl (C=O) groups is 1. The Morgan fingerprint density at radius 2 is 2.00 bits per heavy atom. The lowest BCUT2D eigenvalue weighted by atomic mass is 9.96. The largest absolute Gasteiger partial charge is 0.342 e. The van der Waals surface area contributed by atoms with Crippen LogP contribution in [-0.4, -0.2) is 41.9 Å². The molecule has 0 aliphatic carbocycles. The second-order valence-electron chi connectivity index (χ2n) is 6.24. The van der Waals surface area contributed by atoms with Gasteiger partial charge in [-0.05, 0) is 49.9 Å². The van der Waals surface area contributed by atoms with Crippen LogP contribution in [-0.2, 0) is 11.3 Å². The molecule has 0 bridgehead atoms. The van der Waals surface area contributed by atoms with Crippen molar-refractivity contribution in [2.75, 3.05) is 26.2 Å². The summed E-state index contributed by atoms with van der Waals surface area (Å²) >= 11 is 6.05. The monoisotopic (exact) mass is 306 g/mol. The van der Waals surface area contributed by atoms with Crippen LogP contribution in [0.2, 0.25) is 5.02 Å².